The second-order valence-electron chi connectivity index (χ2n) is 5.66. The standard InChI is InChI=1S/C14H22N2O3S/c1-4-11-5-6-12(9-13(11)15)20(17,18)16-7-8-19-14(2,3)10-16/h5-6,9H,4,7-8,10,15H2,1-3H3. The fourth-order valence-corrected chi connectivity index (χ4v) is 3.99. The normalized spacial score (nSPS) is 19.9. The van der Waals surface area contributed by atoms with Crippen LogP contribution in [0.1, 0.15) is 26.3 Å². The number of nitrogen functional groups attached to an aromatic ring is 1. The van der Waals surface area contributed by atoms with Gasteiger partial charge in [-0.1, -0.05) is 13.0 Å². The third-order valence-electron chi connectivity index (χ3n) is 3.53. The van der Waals surface area contributed by atoms with E-state index in [1.54, 1.807) is 18.2 Å². The number of sulfonamides is 1. The molecule has 1 fully saturated rings. The molecular formula is C14H22N2O3S. The maximum Gasteiger partial charge on any atom is 0.243 e. The van der Waals surface area contributed by atoms with Crippen molar-refractivity contribution < 1.29 is 13.2 Å². The molecule has 1 aromatic rings. The molecular weight excluding hydrogens is 276 g/mol. The summed E-state index contributed by atoms with van der Waals surface area (Å²) in [6.07, 6.45) is 0.788. The Hall–Kier alpha value is -1.11. The zero-order chi connectivity index (χ0) is 15.0. The summed E-state index contributed by atoms with van der Waals surface area (Å²) in [5.41, 5.74) is 6.94. The van der Waals surface area contributed by atoms with Crippen molar-refractivity contribution in [3.63, 3.8) is 0 Å². The van der Waals surface area contributed by atoms with Gasteiger partial charge < -0.3 is 10.5 Å². The minimum atomic E-state index is -3.51. The predicted octanol–water partition coefficient (Wildman–Crippen LogP) is 1.63. The molecule has 0 amide bonds. The smallest absolute Gasteiger partial charge is 0.243 e. The van der Waals surface area contributed by atoms with Crippen molar-refractivity contribution in [1.29, 1.82) is 0 Å². The number of benzene rings is 1. The Kier molecular flexibility index (Phi) is 4.09. The van der Waals surface area contributed by atoms with Crippen LogP contribution in [0.25, 0.3) is 0 Å². The highest BCUT2D eigenvalue weighted by Gasteiger charge is 2.34. The van der Waals surface area contributed by atoms with Crippen molar-refractivity contribution in [2.75, 3.05) is 25.4 Å². The first-order valence-corrected chi connectivity index (χ1v) is 8.23. The van der Waals surface area contributed by atoms with Crippen LogP contribution < -0.4 is 5.73 Å². The van der Waals surface area contributed by atoms with Crippen molar-refractivity contribution >= 4 is 15.7 Å². The molecule has 0 radical (unpaired) electrons. The second kappa shape index (κ2) is 5.35. The fourth-order valence-electron chi connectivity index (χ4n) is 2.38. The van der Waals surface area contributed by atoms with E-state index in [0.29, 0.717) is 25.4 Å². The zero-order valence-corrected chi connectivity index (χ0v) is 13.0. The highest BCUT2D eigenvalue weighted by Crippen LogP contribution is 2.25. The van der Waals surface area contributed by atoms with E-state index < -0.39 is 15.6 Å². The van der Waals surface area contributed by atoms with Crippen LogP contribution in [0.15, 0.2) is 23.1 Å². The van der Waals surface area contributed by atoms with Gasteiger partial charge in [-0.25, -0.2) is 8.42 Å². The van der Waals surface area contributed by atoms with E-state index in [2.05, 4.69) is 0 Å². The fraction of sp³-hybridized carbons (Fsp3) is 0.571. The molecule has 0 atom stereocenters. The topological polar surface area (TPSA) is 72.6 Å². The average molecular weight is 298 g/mol. The molecule has 1 aliphatic rings. The summed E-state index contributed by atoms with van der Waals surface area (Å²) < 4.78 is 32.3. The van der Waals surface area contributed by atoms with Crippen LogP contribution in [0.4, 0.5) is 5.69 Å². The largest absolute Gasteiger partial charge is 0.398 e. The maximum absolute atomic E-state index is 12.6. The van der Waals surface area contributed by atoms with Crippen LogP contribution >= 0.6 is 0 Å². The van der Waals surface area contributed by atoms with Gasteiger partial charge in [-0.05, 0) is 38.0 Å². The molecule has 2 rings (SSSR count). The summed E-state index contributed by atoms with van der Waals surface area (Å²) in [6, 6.07) is 4.97. The Balaban J connectivity index is 2.33. The second-order valence-corrected chi connectivity index (χ2v) is 7.60. The summed E-state index contributed by atoms with van der Waals surface area (Å²) in [7, 11) is -3.51. The summed E-state index contributed by atoms with van der Waals surface area (Å²) in [5.74, 6) is 0. The molecule has 0 aromatic heterocycles. The van der Waals surface area contributed by atoms with Crippen molar-refractivity contribution in [1.82, 2.24) is 4.31 Å². The molecule has 6 heteroatoms. The quantitative estimate of drug-likeness (QED) is 0.861. The average Bonchev–Trinajstić information content (AvgIpc) is 2.37. The van der Waals surface area contributed by atoms with Gasteiger partial charge >= 0.3 is 0 Å². The van der Waals surface area contributed by atoms with Gasteiger partial charge in [-0.3, -0.25) is 0 Å². The molecule has 5 nitrogen and oxygen atoms in total. The minimum Gasteiger partial charge on any atom is -0.398 e. The van der Waals surface area contributed by atoms with Crippen LogP contribution in [0.2, 0.25) is 0 Å². The lowest BCUT2D eigenvalue weighted by Gasteiger charge is -2.37. The Morgan fingerprint density at radius 1 is 1.40 bits per heavy atom. The molecule has 112 valence electrons. The van der Waals surface area contributed by atoms with Gasteiger partial charge in [0.15, 0.2) is 0 Å². The van der Waals surface area contributed by atoms with Crippen molar-refractivity contribution in [3.8, 4) is 0 Å². The lowest BCUT2D eigenvalue weighted by atomic mass is 10.1. The number of rotatable bonds is 3. The van der Waals surface area contributed by atoms with Crippen molar-refractivity contribution in [2.24, 2.45) is 0 Å². The molecule has 1 saturated heterocycles. The first-order valence-electron chi connectivity index (χ1n) is 6.79. The molecule has 0 saturated carbocycles. The number of hydrogen-bond donors (Lipinski definition) is 1. The molecule has 0 aliphatic carbocycles. The molecule has 1 heterocycles. The van der Waals surface area contributed by atoms with E-state index in [1.165, 1.54) is 4.31 Å². The third kappa shape index (κ3) is 2.97. The Bertz CT molecular complexity index is 596. The van der Waals surface area contributed by atoms with E-state index in [9.17, 15) is 8.42 Å². The summed E-state index contributed by atoms with van der Waals surface area (Å²) in [5, 5.41) is 0. The van der Waals surface area contributed by atoms with Gasteiger partial charge in [-0.15, -0.1) is 0 Å². The van der Waals surface area contributed by atoms with Crippen LogP contribution in [-0.2, 0) is 21.2 Å². The number of aryl methyl sites for hydroxylation is 1. The minimum absolute atomic E-state index is 0.255. The van der Waals surface area contributed by atoms with Gasteiger partial charge in [0, 0.05) is 18.8 Å². The first-order chi connectivity index (χ1) is 9.26. The molecule has 1 aromatic carbocycles. The first kappa shape index (κ1) is 15.3. The molecule has 1 aliphatic heterocycles. The number of morpholine rings is 1. The van der Waals surface area contributed by atoms with Crippen molar-refractivity contribution in [3.05, 3.63) is 23.8 Å². The Labute approximate surface area is 120 Å². The molecule has 0 spiro atoms. The highest BCUT2D eigenvalue weighted by atomic mass is 32.2. The van der Waals surface area contributed by atoms with Gasteiger partial charge in [0.25, 0.3) is 0 Å². The molecule has 0 unspecified atom stereocenters. The number of nitrogens with two attached hydrogens (primary N) is 1. The van der Waals surface area contributed by atoms with E-state index >= 15 is 0 Å². The Morgan fingerprint density at radius 2 is 2.10 bits per heavy atom. The van der Waals surface area contributed by atoms with Crippen LogP contribution in [0, 0.1) is 0 Å². The van der Waals surface area contributed by atoms with Crippen LogP contribution in [0.3, 0.4) is 0 Å². The molecule has 20 heavy (non-hydrogen) atoms. The predicted molar refractivity (Wildman–Crippen MR) is 79.0 cm³/mol. The lowest BCUT2D eigenvalue weighted by Crippen LogP contribution is -2.50. The maximum atomic E-state index is 12.6. The number of ether oxygens (including phenoxy) is 1. The number of hydrogen-bond acceptors (Lipinski definition) is 4. The van der Waals surface area contributed by atoms with Gasteiger partial charge in [0.2, 0.25) is 10.0 Å². The number of nitrogens with zero attached hydrogens (tertiary/aromatic N) is 1. The number of anilines is 1. The summed E-state index contributed by atoms with van der Waals surface area (Å²) in [6.45, 7) is 6.91. The molecule has 2 N–H and O–H groups in total. The third-order valence-corrected chi connectivity index (χ3v) is 5.37. The van der Waals surface area contributed by atoms with Crippen LogP contribution in [0.5, 0.6) is 0 Å². The van der Waals surface area contributed by atoms with E-state index in [1.807, 2.05) is 20.8 Å². The Morgan fingerprint density at radius 3 is 2.65 bits per heavy atom. The summed E-state index contributed by atoms with van der Waals surface area (Å²) in [4.78, 5) is 0.255. The van der Waals surface area contributed by atoms with Crippen molar-refractivity contribution in [2.45, 2.75) is 37.7 Å². The highest BCUT2D eigenvalue weighted by molar-refractivity contribution is 7.89. The van der Waals surface area contributed by atoms with Gasteiger partial charge in [0.05, 0.1) is 17.1 Å². The molecule has 0 bridgehead atoms. The van der Waals surface area contributed by atoms with E-state index in [4.69, 9.17) is 10.5 Å². The SMILES string of the molecule is CCc1ccc(S(=O)(=O)N2CCOC(C)(C)C2)cc1N. The van der Waals surface area contributed by atoms with Gasteiger partial charge in [-0.2, -0.15) is 4.31 Å². The zero-order valence-electron chi connectivity index (χ0n) is 12.2. The van der Waals surface area contributed by atoms with E-state index in [0.717, 1.165) is 12.0 Å². The monoisotopic (exact) mass is 298 g/mol. The lowest BCUT2D eigenvalue weighted by molar-refractivity contribution is -0.0640. The van der Waals surface area contributed by atoms with Crippen LogP contribution in [-0.4, -0.2) is 38.0 Å². The summed E-state index contributed by atoms with van der Waals surface area (Å²) >= 11 is 0. The van der Waals surface area contributed by atoms with E-state index in [-0.39, 0.29) is 4.90 Å². The van der Waals surface area contributed by atoms with Gasteiger partial charge in [0.1, 0.15) is 0 Å².